The van der Waals surface area contributed by atoms with Gasteiger partial charge in [0.25, 0.3) is 5.91 Å². The highest BCUT2D eigenvalue weighted by Crippen LogP contribution is 2.34. The van der Waals surface area contributed by atoms with Crippen LogP contribution in [-0.4, -0.2) is 32.2 Å². The first-order chi connectivity index (χ1) is 9.26. The van der Waals surface area contributed by atoms with Crippen LogP contribution < -0.4 is 20.1 Å². The van der Waals surface area contributed by atoms with Gasteiger partial charge in [-0.3, -0.25) is 4.79 Å². The standard InChI is InChI=1S/C14H18N2O3/c1-15-12-7-19-13-6-10(4-5-11(12)13)18-8-14(17)16-9-2-3-9/h4-6,9,12,15H,2-3,7-8H2,1H3,(H,16,17). The highest BCUT2D eigenvalue weighted by atomic mass is 16.5. The number of hydrogen-bond donors (Lipinski definition) is 2. The quantitative estimate of drug-likeness (QED) is 0.831. The van der Waals surface area contributed by atoms with Crippen LogP contribution in [0.1, 0.15) is 24.4 Å². The monoisotopic (exact) mass is 262 g/mol. The van der Waals surface area contributed by atoms with Crippen molar-refractivity contribution in [3.63, 3.8) is 0 Å². The molecule has 0 aromatic heterocycles. The molecule has 1 heterocycles. The van der Waals surface area contributed by atoms with Crippen LogP contribution in [0.25, 0.3) is 0 Å². The zero-order valence-electron chi connectivity index (χ0n) is 10.9. The number of likely N-dealkylation sites (N-methyl/N-ethyl adjacent to an activating group) is 1. The topological polar surface area (TPSA) is 59.6 Å². The molecular weight excluding hydrogens is 244 g/mol. The zero-order chi connectivity index (χ0) is 13.2. The van der Waals surface area contributed by atoms with Gasteiger partial charge in [0, 0.05) is 17.7 Å². The molecule has 1 aliphatic heterocycles. The van der Waals surface area contributed by atoms with Crippen LogP contribution in [-0.2, 0) is 4.79 Å². The minimum atomic E-state index is -0.0583. The Labute approximate surface area is 112 Å². The van der Waals surface area contributed by atoms with Crippen LogP contribution >= 0.6 is 0 Å². The Morgan fingerprint density at radius 2 is 2.32 bits per heavy atom. The fourth-order valence-electron chi connectivity index (χ4n) is 2.16. The Hall–Kier alpha value is -1.75. The summed E-state index contributed by atoms with van der Waals surface area (Å²) in [6, 6.07) is 6.31. The van der Waals surface area contributed by atoms with E-state index in [1.54, 1.807) is 0 Å². The summed E-state index contributed by atoms with van der Waals surface area (Å²) in [7, 11) is 1.91. The van der Waals surface area contributed by atoms with E-state index < -0.39 is 0 Å². The SMILES string of the molecule is CNC1COc2cc(OCC(=O)NC3CC3)ccc21. The number of fused-ring (bicyclic) bond motifs is 1. The van der Waals surface area contributed by atoms with Gasteiger partial charge in [-0.2, -0.15) is 0 Å². The number of hydrogen-bond acceptors (Lipinski definition) is 4. The van der Waals surface area contributed by atoms with E-state index in [1.165, 1.54) is 0 Å². The highest BCUT2D eigenvalue weighted by molar-refractivity contribution is 5.78. The summed E-state index contributed by atoms with van der Waals surface area (Å²) in [5, 5.41) is 6.08. The van der Waals surface area contributed by atoms with Gasteiger partial charge in [0.1, 0.15) is 18.1 Å². The van der Waals surface area contributed by atoms with Crippen molar-refractivity contribution in [3.8, 4) is 11.5 Å². The second-order valence-electron chi connectivity index (χ2n) is 4.98. The third-order valence-electron chi connectivity index (χ3n) is 3.43. The van der Waals surface area contributed by atoms with Gasteiger partial charge in [0.05, 0.1) is 6.04 Å². The molecule has 1 atom stereocenters. The molecule has 0 saturated heterocycles. The highest BCUT2D eigenvalue weighted by Gasteiger charge is 2.24. The van der Waals surface area contributed by atoms with Crippen molar-refractivity contribution < 1.29 is 14.3 Å². The molecule has 5 nitrogen and oxygen atoms in total. The number of carbonyl (C=O) groups excluding carboxylic acids is 1. The normalized spacial score (nSPS) is 20.6. The first kappa shape index (κ1) is 12.3. The molecule has 102 valence electrons. The lowest BCUT2D eigenvalue weighted by Crippen LogP contribution is -2.30. The molecule has 1 aliphatic carbocycles. The van der Waals surface area contributed by atoms with Gasteiger partial charge in [-0.25, -0.2) is 0 Å². The van der Waals surface area contributed by atoms with Crippen LogP contribution in [0, 0.1) is 0 Å². The number of amides is 1. The molecular formula is C14H18N2O3. The van der Waals surface area contributed by atoms with Crippen molar-refractivity contribution in [1.29, 1.82) is 0 Å². The molecule has 1 amide bonds. The van der Waals surface area contributed by atoms with Crippen LogP contribution in [0.15, 0.2) is 18.2 Å². The molecule has 1 aromatic rings. The summed E-state index contributed by atoms with van der Waals surface area (Å²) in [4.78, 5) is 11.5. The van der Waals surface area contributed by atoms with E-state index in [0.29, 0.717) is 18.4 Å². The Bertz CT molecular complexity index is 486. The fraction of sp³-hybridized carbons (Fsp3) is 0.500. The lowest BCUT2D eigenvalue weighted by molar-refractivity contribution is -0.123. The van der Waals surface area contributed by atoms with E-state index >= 15 is 0 Å². The number of carbonyl (C=O) groups is 1. The molecule has 1 saturated carbocycles. The minimum absolute atomic E-state index is 0.0583. The third kappa shape index (κ3) is 2.81. The van der Waals surface area contributed by atoms with Crippen molar-refractivity contribution in [2.24, 2.45) is 0 Å². The maximum Gasteiger partial charge on any atom is 0.258 e. The predicted octanol–water partition coefficient (Wildman–Crippen LogP) is 0.997. The lowest BCUT2D eigenvalue weighted by Gasteiger charge is -2.09. The molecule has 2 N–H and O–H groups in total. The van der Waals surface area contributed by atoms with E-state index in [2.05, 4.69) is 10.6 Å². The van der Waals surface area contributed by atoms with Gasteiger partial charge < -0.3 is 20.1 Å². The van der Waals surface area contributed by atoms with Crippen LogP contribution in [0.3, 0.4) is 0 Å². The number of benzene rings is 1. The van der Waals surface area contributed by atoms with E-state index in [9.17, 15) is 4.79 Å². The molecule has 2 aliphatic rings. The van der Waals surface area contributed by atoms with Gasteiger partial charge >= 0.3 is 0 Å². The zero-order valence-corrected chi connectivity index (χ0v) is 10.9. The second-order valence-corrected chi connectivity index (χ2v) is 4.98. The number of ether oxygens (including phenoxy) is 2. The van der Waals surface area contributed by atoms with Crippen LogP contribution in [0.2, 0.25) is 0 Å². The Kier molecular flexibility index (Phi) is 3.29. The van der Waals surface area contributed by atoms with E-state index in [1.807, 2.05) is 25.2 Å². The van der Waals surface area contributed by atoms with Crippen LogP contribution in [0.5, 0.6) is 11.5 Å². The van der Waals surface area contributed by atoms with Crippen molar-refractivity contribution in [3.05, 3.63) is 23.8 Å². The van der Waals surface area contributed by atoms with Gasteiger partial charge in [0.2, 0.25) is 0 Å². The second kappa shape index (κ2) is 5.09. The van der Waals surface area contributed by atoms with Crippen LogP contribution in [0.4, 0.5) is 0 Å². The lowest BCUT2D eigenvalue weighted by atomic mass is 10.1. The predicted molar refractivity (Wildman–Crippen MR) is 70.4 cm³/mol. The van der Waals surface area contributed by atoms with Gasteiger partial charge in [0.15, 0.2) is 6.61 Å². The largest absolute Gasteiger partial charge is 0.491 e. The molecule has 0 bridgehead atoms. The molecule has 1 fully saturated rings. The maximum absolute atomic E-state index is 11.5. The van der Waals surface area contributed by atoms with E-state index in [4.69, 9.17) is 9.47 Å². The van der Waals surface area contributed by atoms with Crippen molar-refractivity contribution in [1.82, 2.24) is 10.6 Å². The summed E-state index contributed by atoms with van der Waals surface area (Å²) in [6.45, 7) is 0.697. The fourth-order valence-corrected chi connectivity index (χ4v) is 2.16. The Morgan fingerprint density at radius 1 is 1.47 bits per heavy atom. The molecule has 3 rings (SSSR count). The summed E-state index contributed by atoms with van der Waals surface area (Å²) >= 11 is 0. The van der Waals surface area contributed by atoms with Crippen molar-refractivity contribution >= 4 is 5.91 Å². The Morgan fingerprint density at radius 3 is 3.05 bits per heavy atom. The molecule has 19 heavy (non-hydrogen) atoms. The number of rotatable bonds is 5. The molecule has 1 unspecified atom stereocenters. The summed E-state index contributed by atoms with van der Waals surface area (Å²) in [5.74, 6) is 1.44. The first-order valence-corrected chi connectivity index (χ1v) is 6.62. The van der Waals surface area contributed by atoms with Crippen molar-refractivity contribution in [2.75, 3.05) is 20.3 Å². The summed E-state index contributed by atoms with van der Waals surface area (Å²) in [6.07, 6.45) is 2.17. The summed E-state index contributed by atoms with van der Waals surface area (Å²) < 4.78 is 11.1. The molecule has 0 spiro atoms. The average Bonchev–Trinajstić information content (AvgIpc) is 3.13. The minimum Gasteiger partial charge on any atom is -0.491 e. The first-order valence-electron chi connectivity index (χ1n) is 6.62. The Balaban J connectivity index is 1.58. The van der Waals surface area contributed by atoms with E-state index in [-0.39, 0.29) is 18.6 Å². The third-order valence-corrected chi connectivity index (χ3v) is 3.43. The smallest absolute Gasteiger partial charge is 0.258 e. The molecule has 5 heteroatoms. The average molecular weight is 262 g/mol. The van der Waals surface area contributed by atoms with E-state index in [0.717, 1.165) is 24.2 Å². The van der Waals surface area contributed by atoms with Gasteiger partial charge in [-0.1, -0.05) is 0 Å². The summed E-state index contributed by atoms with van der Waals surface area (Å²) in [5.41, 5.74) is 1.14. The number of nitrogens with one attached hydrogen (secondary N) is 2. The van der Waals surface area contributed by atoms with Gasteiger partial charge in [-0.15, -0.1) is 0 Å². The molecule has 0 radical (unpaired) electrons. The van der Waals surface area contributed by atoms with Crippen molar-refractivity contribution in [2.45, 2.75) is 24.9 Å². The van der Waals surface area contributed by atoms with Gasteiger partial charge in [-0.05, 0) is 32.0 Å². The maximum atomic E-state index is 11.5. The molecule has 1 aromatic carbocycles.